The van der Waals surface area contributed by atoms with Crippen LogP contribution in [0.4, 0.5) is 13.2 Å². The lowest BCUT2D eigenvalue weighted by molar-refractivity contribution is 0.430. The van der Waals surface area contributed by atoms with E-state index in [0.29, 0.717) is 16.5 Å². The fourth-order valence-electron chi connectivity index (χ4n) is 4.07. The molecule has 26 heavy (non-hydrogen) atoms. The summed E-state index contributed by atoms with van der Waals surface area (Å²) >= 11 is 0. The molecule has 1 fully saturated rings. The lowest BCUT2D eigenvalue weighted by Gasteiger charge is -2.23. The van der Waals surface area contributed by atoms with Crippen LogP contribution in [0.15, 0.2) is 42.5 Å². The zero-order chi connectivity index (χ0) is 18.3. The number of hydrogen-bond donors (Lipinski definition) is 0. The van der Waals surface area contributed by atoms with Crippen LogP contribution in [-0.4, -0.2) is 0 Å². The molecule has 0 spiro atoms. The lowest BCUT2D eigenvalue weighted by atomic mass is 9.83. The Bertz CT molecular complexity index is 952. The first-order chi connectivity index (χ1) is 12.6. The molecule has 3 heteroatoms. The van der Waals surface area contributed by atoms with E-state index in [1.165, 1.54) is 0 Å². The van der Waals surface area contributed by atoms with Crippen molar-refractivity contribution in [3.63, 3.8) is 0 Å². The zero-order valence-electron chi connectivity index (χ0n) is 14.8. The molecule has 1 aliphatic carbocycles. The molecule has 0 unspecified atom stereocenters. The van der Waals surface area contributed by atoms with Crippen LogP contribution in [0.1, 0.15) is 49.1 Å². The average molecular weight is 354 g/mol. The number of fused-ring (bicyclic) bond motifs is 1. The van der Waals surface area contributed by atoms with E-state index in [0.717, 1.165) is 37.7 Å². The van der Waals surface area contributed by atoms with E-state index >= 15 is 4.39 Å². The fourth-order valence-corrected chi connectivity index (χ4v) is 4.07. The van der Waals surface area contributed by atoms with Crippen LogP contribution in [0, 0.1) is 24.4 Å². The average Bonchev–Trinajstić information content (AvgIpc) is 2.66. The predicted molar refractivity (Wildman–Crippen MR) is 99.8 cm³/mol. The van der Waals surface area contributed by atoms with Gasteiger partial charge in [-0.2, -0.15) is 0 Å². The van der Waals surface area contributed by atoms with Crippen LogP contribution in [0.3, 0.4) is 0 Å². The van der Waals surface area contributed by atoms with E-state index in [4.69, 9.17) is 0 Å². The van der Waals surface area contributed by atoms with Crippen molar-refractivity contribution in [2.75, 3.05) is 0 Å². The summed E-state index contributed by atoms with van der Waals surface area (Å²) in [5, 5.41) is 0.179. The van der Waals surface area contributed by atoms with Crippen molar-refractivity contribution in [2.45, 2.75) is 44.9 Å². The standard InChI is InChI=1S/C23H21F3/c1-14-7-9-16(10-8-14)19-13-17-11-12-18(15-5-3-2-4-6-15)21(24)20(17)23(26)22(19)25/h7-13,15H,2-6H2,1H3. The van der Waals surface area contributed by atoms with Gasteiger partial charge in [-0.15, -0.1) is 0 Å². The van der Waals surface area contributed by atoms with Crippen LogP contribution in [-0.2, 0) is 0 Å². The summed E-state index contributed by atoms with van der Waals surface area (Å²) in [7, 11) is 0. The predicted octanol–water partition coefficient (Wildman–Crippen LogP) is 7.28. The van der Waals surface area contributed by atoms with Crippen molar-refractivity contribution in [1.29, 1.82) is 0 Å². The van der Waals surface area contributed by atoms with Gasteiger partial charge in [-0.05, 0) is 48.3 Å². The Hall–Kier alpha value is -2.29. The highest BCUT2D eigenvalue weighted by molar-refractivity contribution is 5.89. The van der Waals surface area contributed by atoms with Crippen LogP contribution < -0.4 is 0 Å². The molecule has 0 saturated heterocycles. The van der Waals surface area contributed by atoms with Crippen LogP contribution in [0.2, 0.25) is 0 Å². The monoisotopic (exact) mass is 354 g/mol. The highest BCUT2D eigenvalue weighted by atomic mass is 19.2. The molecular weight excluding hydrogens is 333 g/mol. The molecule has 3 aromatic rings. The molecule has 0 amide bonds. The molecule has 1 saturated carbocycles. The Balaban J connectivity index is 1.87. The fraction of sp³-hybridized carbons (Fsp3) is 0.304. The molecule has 0 bridgehead atoms. The summed E-state index contributed by atoms with van der Waals surface area (Å²) < 4.78 is 44.6. The van der Waals surface area contributed by atoms with Gasteiger partial charge in [-0.25, -0.2) is 13.2 Å². The molecule has 4 rings (SSSR count). The highest BCUT2D eigenvalue weighted by Crippen LogP contribution is 2.38. The van der Waals surface area contributed by atoms with Crippen molar-refractivity contribution in [3.05, 3.63) is 71.0 Å². The van der Waals surface area contributed by atoms with Gasteiger partial charge in [0.25, 0.3) is 0 Å². The van der Waals surface area contributed by atoms with Gasteiger partial charge >= 0.3 is 0 Å². The minimum atomic E-state index is -1.09. The molecule has 0 nitrogen and oxygen atoms in total. The Kier molecular flexibility index (Phi) is 4.47. The van der Waals surface area contributed by atoms with E-state index in [1.807, 2.05) is 19.1 Å². The van der Waals surface area contributed by atoms with Crippen molar-refractivity contribution < 1.29 is 13.2 Å². The maximum Gasteiger partial charge on any atom is 0.170 e. The number of benzene rings is 3. The molecule has 0 heterocycles. The third-order valence-electron chi connectivity index (χ3n) is 5.56. The summed E-state index contributed by atoms with van der Waals surface area (Å²) in [6.07, 6.45) is 5.10. The third kappa shape index (κ3) is 2.90. The summed E-state index contributed by atoms with van der Waals surface area (Å²) in [4.78, 5) is 0. The third-order valence-corrected chi connectivity index (χ3v) is 5.56. The topological polar surface area (TPSA) is 0 Å². The number of rotatable bonds is 2. The highest BCUT2D eigenvalue weighted by Gasteiger charge is 2.24. The van der Waals surface area contributed by atoms with Crippen LogP contribution in [0.25, 0.3) is 21.9 Å². The van der Waals surface area contributed by atoms with Crippen molar-refractivity contribution >= 4 is 10.8 Å². The lowest BCUT2D eigenvalue weighted by Crippen LogP contribution is -2.07. The molecule has 134 valence electrons. The molecule has 1 aliphatic rings. The summed E-state index contributed by atoms with van der Waals surface area (Å²) in [6, 6.07) is 12.2. The number of aryl methyl sites for hydroxylation is 1. The van der Waals surface area contributed by atoms with Gasteiger partial charge in [-0.1, -0.05) is 61.2 Å². The zero-order valence-corrected chi connectivity index (χ0v) is 14.8. The smallest absolute Gasteiger partial charge is 0.170 e. The van der Waals surface area contributed by atoms with Gasteiger partial charge in [0, 0.05) is 5.56 Å². The van der Waals surface area contributed by atoms with Gasteiger partial charge in [0.2, 0.25) is 0 Å². The Morgan fingerprint density at radius 3 is 2.15 bits per heavy atom. The van der Waals surface area contributed by atoms with E-state index in [9.17, 15) is 8.78 Å². The SMILES string of the molecule is Cc1ccc(-c2cc3ccc(C4CCCCC4)c(F)c3c(F)c2F)cc1. The summed E-state index contributed by atoms with van der Waals surface area (Å²) in [6.45, 7) is 1.93. The van der Waals surface area contributed by atoms with E-state index in [2.05, 4.69) is 0 Å². The Morgan fingerprint density at radius 1 is 0.769 bits per heavy atom. The second-order valence-electron chi connectivity index (χ2n) is 7.32. The normalized spacial score (nSPS) is 15.5. The molecule has 0 radical (unpaired) electrons. The summed E-state index contributed by atoms with van der Waals surface area (Å²) in [5.41, 5.74) is 2.32. The second-order valence-corrected chi connectivity index (χ2v) is 7.32. The van der Waals surface area contributed by atoms with Crippen LogP contribution in [0.5, 0.6) is 0 Å². The first-order valence-electron chi connectivity index (χ1n) is 9.23. The van der Waals surface area contributed by atoms with E-state index in [-0.39, 0.29) is 16.9 Å². The molecule has 0 N–H and O–H groups in total. The largest absolute Gasteiger partial charge is 0.206 e. The first-order valence-corrected chi connectivity index (χ1v) is 9.23. The maximum absolute atomic E-state index is 15.1. The van der Waals surface area contributed by atoms with Gasteiger partial charge in [0.1, 0.15) is 5.82 Å². The first kappa shape index (κ1) is 17.1. The minimum Gasteiger partial charge on any atom is -0.206 e. The van der Waals surface area contributed by atoms with Crippen molar-refractivity contribution in [3.8, 4) is 11.1 Å². The van der Waals surface area contributed by atoms with Crippen molar-refractivity contribution in [1.82, 2.24) is 0 Å². The minimum absolute atomic E-state index is 0.104. The van der Waals surface area contributed by atoms with Gasteiger partial charge < -0.3 is 0 Å². The van der Waals surface area contributed by atoms with E-state index in [1.54, 1.807) is 30.3 Å². The molecule has 0 aliphatic heterocycles. The molecule has 0 aromatic heterocycles. The quantitative estimate of drug-likeness (QED) is 0.453. The Labute approximate surface area is 151 Å². The number of hydrogen-bond acceptors (Lipinski definition) is 0. The molecule has 0 atom stereocenters. The van der Waals surface area contributed by atoms with Gasteiger partial charge in [0.05, 0.1) is 5.39 Å². The van der Waals surface area contributed by atoms with Gasteiger partial charge in [0.15, 0.2) is 11.6 Å². The van der Waals surface area contributed by atoms with Crippen molar-refractivity contribution in [2.24, 2.45) is 0 Å². The maximum atomic E-state index is 15.1. The van der Waals surface area contributed by atoms with Crippen LogP contribution >= 0.6 is 0 Å². The van der Waals surface area contributed by atoms with Gasteiger partial charge in [-0.3, -0.25) is 0 Å². The Morgan fingerprint density at radius 2 is 1.46 bits per heavy atom. The number of halogens is 3. The molecule has 3 aromatic carbocycles. The molecular formula is C23H21F3. The second kappa shape index (κ2) is 6.79. The summed E-state index contributed by atoms with van der Waals surface area (Å²) in [5.74, 6) is -2.57. The van der Waals surface area contributed by atoms with E-state index < -0.39 is 17.5 Å².